The monoisotopic (exact) mass is 138 g/mol. The van der Waals surface area contributed by atoms with Crippen LogP contribution in [0.15, 0.2) is 16.6 Å². The maximum absolute atomic E-state index is 5.50. The summed E-state index contributed by atoms with van der Waals surface area (Å²) in [5.41, 5.74) is 7.05. The molecule has 0 unspecified atom stereocenters. The normalized spacial score (nSPS) is 18.7. The summed E-state index contributed by atoms with van der Waals surface area (Å²) in [6.07, 6.45) is 1.97. The Balaban J connectivity index is 2.73. The van der Waals surface area contributed by atoms with Gasteiger partial charge in [-0.25, -0.2) is 0 Å². The number of nitrogens with zero attached hydrogens (tertiary/aromatic N) is 1. The van der Waals surface area contributed by atoms with Crippen molar-refractivity contribution in [3.8, 4) is 0 Å². The lowest BCUT2D eigenvalue weighted by Crippen LogP contribution is -2.10. The molecule has 0 aliphatic carbocycles. The van der Waals surface area contributed by atoms with Gasteiger partial charge in [-0.15, -0.1) is 0 Å². The highest BCUT2D eigenvalue weighted by Gasteiger charge is 2.19. The van der Waals surface area contributed by atoms with E-state index in [1.165, 1.54) is 5.57 Å². The van der Waals surface area contributed by atoms with Crippen molar-refractivity contribution < 1.29 is 0 Å². The Bertz CT molecular complexity index is 194. The van der Waals surface area contributed by atoms with Crippen molar-refractivity contribution >= 4 is 5.84 Å². The van der Waals surface area contributed by atoms with Gasteiger partial charge in [0.25, 0.3) is 0 Å². The third-order valence-corrected chi connectivity index (χ3v) is 1.72. The van der Waals surface area contributed by atoms with Gasteiger partial charge >= 0.3 is 0 Å². The Morgan fingerprint density at radius 2 is 2.10 bits per heavy atom. The van der Waals surface area contributed by atoms with E-state index in [4.69, 9.17) is 5.73 Å². The molecule has 0 aromatic carbocycles. The molecule has 0 amide bonds. The molecule has 2 N–H and O–H groups in total. The topological polar surface area (TPSA) is 38.4 Å². The molecule has 0 bridgehead atoms. The molecular weight excluding hydrogens is 124 g/mol. The van der Waals surface area contributed by atoms with E-state index in [1.54, 1.807) is 0 Å². The minimum absolute atomic E-state index is 0.227. The molecular formula is C8H14N2. The molecule has 0 spiro atoms. The number of nitrogens with two attached hydrogens (primary N) is 1. The van der Waals surface area contributed by atoms with Crippen molar-refractivity contribution in [3.05, 3.63) is 11.6 Å². The van der Waals surface area contributed by atoms with Crippen LogP contribution in [0.2, 0.25) is 0 Å². The van der Waals surface area contributed by atoms with Gasteiger partial charge in [-0.3, -0.25) is 4.99 Å². The van der Waals surface area contributed by atoms with Crippen LogP contribution in [0.5, 0.6) is 0 Å². The first-order valence-corrected chi connectivity index (χ1v) is 3.51. The number of hydrogen-bond acceptors (Lipinski definition) is 2. The van der Waals surface area contributed by atoms with E-state index >= 15 is 0 Å². The van der Waals surface area contributed by atoms with Gasteiger partial charge < -0.3 is 5.73 Å². The molecule has 1 aliphatic heterocycles. The Labute approximate surface area is 61.8 Å². The molecule has 0 aromatic rings. The highest BCUT2D eigenvalue weighted by atomic mass is 14.9. The molecule has 0 aromatic heterocycles. The second kappa shape index (κ2) is 2.11. The molecule has 0 atom stereocenters. The van der Waals surface area contributed by atoms with E-state index in [9.17, 15) is 0 Å². The predicted octanol–water partition coefficient (Wildman–Crippen LogP) is 1.33. The fourth-order valence-corrected chi connectivity index (χ4v) is 0.900. The zero-order valence-electron chi connectivity index (χ0n) is 6.81. The molecule has 2 heteroatoms. The van der Waals surface area contributed by atoms with E-state index in [-0.39, 0.29) is 5.41 Å². The summed E-state index contributed by atoms with van der Waals surface area (Å²) in [4.78, 5) is 4.09. The van der Waals surface area contributed by atoms with Crippen molar-refractivity contribution in [2.75, 3.05) is 6.54 Å². The summed E-state index contributed by atoms with van der Waals surface area (Å²) in [7, 11) is 0. The Morgan fingerprint density at radius 1 is 1.50 bits per heavy atom. The maximum Gasteiger partial charge on any atom is 0.118 e. The average Bonchev–Trinajstić information content (AvgIpc) is 2.11. The first-order chi connectivity index (χ1) is 4.50. The Kier molecular flexibility index (Phi) is 1.55. The van der Waals surface area contributed by atoms with Crippen molar-refractivity contribution in [3.63, 3.8) is 0 Å². The van der Waals surface area contributed by atoms with Gasteiger partial charge in [0.05, 0.1) is 6.54 Å². The Morgan fingerprint density at radius 3 is 2.30 bits per heavy atom. The minimum atomic E-state index is 0.227. The molecule has 0 fully saturated rings. The van der Waals surface area contributed by atoms with Crippen molar-refractivity contribution in [2.45, 2.75) is 20.8 Å². The molecule has 1 aliphatic rings. The molecule has 0 radical (unpaired) electrons. The summed E-state index contributed by atoms with van der Waals surface area (Å²) in [5.74, 6) is 0.671. The third kappa shape index (κ3) is 1.38. The number of hydrogen-bond donors (Lipinski definition) is 1. The van der Waals surface area contributed by atoms with E-state index in [1.807, 2.05) is 6.08 Å². The zero-order chi connectivity index (χ0) is 7.78. The standard InChI is InChI=1S/C8H14N2/c1-8(2,3)6-4-7(9)10-5-6/h4H,5H2,1-3H3,(H2,9,10). The van der Waals surface area contributed by atoms with E-state index in [0.29, 0.717) is 5.84 Å². The van der Waals surface area contributed by atoms with Crippen LogP contribution in [0, 0.1) is 5.41 Å². The summed E-state index contributed by atoms with van der Waals surface area (Å²) in [5, 5.41) is 0. The second-order valence-corrected chi connectivity index (χ2v) is 3.66. The highest BCUT2D eigenvalue weighted by molar-refractivity contribution is 5.94. The number of rotatable bonds is 0. The van der Waals surface area contributed by atoms with Crippen LogP contribution < -0.4 is 5.73 Å². The molecule has 0 saturated heterocycles. The lowest BCUT2D eigenvalue weighted by atomic mass is 9.87. The predicted molar refractivity (Wildman–Crippen MR) is 44.0 cm³/mol. The first-order valence-electron chi connectivity index (χ1n) is 3.51. The van der Waals surface area contributed by atoms with Gasteiger partial charge in [0.1, 0.15) is 5.84 Å². The van der Waals surface area contributed by atoms with Crippen LogP contribution in [0.4, 0.5) is 0 Å². The van der Waals surface area contributed by atoms with Crippen LogP contribution >= 0.6 is 0 Å². The van der Waals surface area contributed by atoms with Gasteiger partial charge in [-0.2, -0.15) is 0 Å². The van der Waals surface area contributed by atoms with Crippen LogP contribution in [-0.4, -0.2) is 12.4 Å². The van der Waals surface area contributed by atoms with Crippen LogP contribution in [0.3, 0.4) is 0 Å². The highest BCUT2D eigenvalue weighted by Crippen LogP contribution is 2.26. The fraction of sp³-hybridized carbons (Fsp3) is 0.625. The Hall–Kier alpha value is -0.790. The molecule has 1 rings (SSSR count). The minimum Gasteiger partial charge on any atom is -0.384 e. The van der Waals surface area contributed by atoms with Gasteiger partial charge in [0.15, 0.2) is 0 Å². The van der Waals surface area contributed by atoms with Crippen molar-refractivity contribution in [1.29, 1.82) is 0 Å². The molecule has 2 nitrogen and oxygen atoms in total. The second-order valence-electron chi connectivity index (χ2n) is 3.66. The van der Waals surface area contributed by atoms with Gasteiger partial charge in [0.2, 0.25) is 0 Å². The lowest BCUT2D eigenvalue weighted by molar-refractivity contribution is 0.499. The van der Waals surface area contributed by atoms with E-state index in [2.05, 4.69) is 25.8 Å². The third-order valence-electron chi connectivity index (χ3n) is 1.72. The van der Waals surface area contributed by atoms with Crippen LogP contribution in [0.25, 0.3) is 0 Å². The van der Waals surface area contributed by atoms with Crippen LogP contribution in [0.1, 0.15) is 20.8 Å². The number of aliphatic imine (C=N–C) groups is 1. The molecule has 10 heavy (non-hydrogen) atoms. The van der Waals surface area contributed by atoms with E-state index < -0.39 is 0 Å². The quantitative estimate of drug-likeness (QED) is 0.539. The smallest absolute Gasteiger partial charge is 0.118 e. The van der Waals surface area contributed by atoms with Gasteiger partial charge in [-0.1, -0.05) is 20.8 Å². The van der Waals surface area contributed by atoms with Gasteiger partial charge in [-0.05, 0) is 17.1 Å². The summed E-state index contributed by atoms with van der Waals surface area (Å²) in [6.45, 7) is 7.31. The number of amidine groups is 1. The summed E-state index contributed by atoms with van der Waals surface area (Å²) < 4.78 is 0. The molecule has 1 heterocycles. The summed E-state index contributed by atoms with van der Waals surface area (Å²) in [6, 6.07) is 0. The first kappa shape index (κ1) is 7.32. The molecule has 56 valence electrons. The summed E-state index contributed by atoms with van der Waals surface area (Å²) >= 11 is 0. The maximum atomic E-state index is 5.50. The SMILES string of the molecule is CC(C)(C)C1=CC(N)=NC1. The fourth-order valence-electron chi connectivity index (χ4n) is 0.900. The van der Waals surface area contributed by atoms with E-state index in [0.717, 1.165) is 6.54 Å². The van der Waals surface area contributed by atoms with Crippen molar-refractivity contribution in [1.82, 2.24) is 0 Å². The zero-order valence-corrected chi connectivity index (χ0v) is 6.81. The average molecular weight is 138 g/mol. The van der Waals surface area contributed by atoms with Crippen LogP contribution in [-0.2, 0) is 0 Å². The van der Waals surface area contributed by atoms with Crippen molar-refractivity contribution in [2.24, 2.45) is 16.1 Å². The van der Waals surface area contributed by atoms with Gasteiger partial charge in [0, 0.05) is 0 Å². The largest absolute Gasteiger partial charge is 0.384 e. The molecule has 0 saturated carbocycles. The lowest BCUT2D eigenvalue weighted by Gasteiger charge is -2.18.